The molecule has 3 heterocycles. The Labute approximate surface area is 211 Å². The fourth-order valence-electron chi connectivity index (χ4n) is 5.54. The Kier molecular flexibility index (Phi) is 4.13. The van der Waals surface area contributed by atoms with Crippen LogP contribution in [0, 0.1) is 0 Å². The van der Waals surface area contributed by atoms with Crippen molar-refractivity contribution in [1.82, 2.24) is 9.55 Å². The predicted molar refractivity (Wildman–Crippen MR) is 154 cm³/mol. The summed E-state index contributed by atoms with van der Waals surface area (Å²) >= 11 is 1.85. The average molecular weight is 477 g/mol. The zero-order valence-corrected chi connectivity index (χ0v) is 20.2. The van der Waals surface area contributed by atoms with Crippen LogP contribution in [0.4, 0.5) is 0 Å². The highest BCUT2D eigenvalue weighted by molar-refractivity contribution is 7.26. The molecule has 0 amide bonds. The van der Waals surface area contributed by atoms with Gasteiger partial charge in [0, 0.05) is 48.2 Å². The van der Waals surface area contributed by atoms with Crippen LogP contribution in [0.25, 0.3) is 69.7 Å². The van der Waals surface area contributed by atoms with E-state index in [0.29, 0.717) is 0 Å². The van der Waals surface area contributed by atoms with E-state index in [4.69, 9.17) is 4.98 Å². The van der Waals surface area contributed by atoms with Gasteiger partial charge in [0.05, 0.1) is 16.6 Å². The fourth-order valence-corrected chi connectivity index (χ4v) is 6.75. The molecule has 8 aromatic rings. The van der Waals surface area contributed by atoms with Gasteiger partial charge >= 0.3 is 0 Å². The number of hydrogen-bond acceptors (Lipinski definition) is 2. The molecule has 0 fully saturated rings. The van der Waals surface area contributed by atoms with Crippen molar-refractivity contribution in [3.8, 4) is 16.8 Å². The summed E-state index contributed by atoms with van der Waals surface area (Å²) < 4.78 is 4.98. The van der Waals surface area contributed by atoms with Crippen LogP contribution in [0.2, 0.25) is 0 Å². The highest BCUT2D eigenvalue weighted by atomic mass is 32.1. The third-order valence-electron chi connectivity index (χ3n) is 7.25. The molecule has 0 spiro atoms. The molecule has 0 bridgehead atoms. The summed E-state index contributed by atoms with van der Waals surface area (Å²) in [6.45, 7) is 0. The van der Waals surface area contributed by atoms with Crippen LogP contribution in [-0.4, -0.2) is 9.55 Å². The number of fused-ring (bicyclic) bond motifs is 8. The van der Waals surface area contributed by atoms with Crippen molar-refractivity contribution in [2.45, 2.75) is 0 Å². The summed E-state index contributed by atoms with van der Waals surface area (Å²) in [6.07, 6.45) is 2.03. The van der Waals surface area contributed by atoms with Crippen LogP contribution in [0.1, 0.15) is 0 Å². The molecule has 0 atom stereocenters. The monoisotopic (exact) mass is 476 g/mol. The van der Waals surface area contributed by atoms with Crippen LogP contribution in [0.15, 0.2) is 121 Å². The lowest BCUT2D eigenvalue weighted by Crippen LogP contribution is -1.93. The van der Waals surface area contributed by atoms with Gasteiger partial charge in [-0.05, 0) is 47.5 Å². The largest absolute Gasteiger partial charge is 0.309 e. The van der Waals surface area contributed by atoms with Gasteiger partial charge in [-0.2, -0.15) is 0 Å². The van der Waals surface area contributed by atoms with Crippen molar-refractivity contribution in [2.24, 2.45) is 0 Å². The maximum Gasteiger partial charge on any atom is 0.0722 e. The molecule has 0 unspecified atom stereocenters. The fraction of sp³-hybridized carbons (Fsp3) is 0. The second-order valence-corrected chi connectivity index (χ2v) is 10.3. The van der Waals surface area contributed by atoms with Gasteiger partial charge < -0.3 is 4.57 Å². The number of hydrogen-bond donors (Lipinski definition) is 0. The quantitative estimate of drug-likeness (QED) is 0.243. The first-order valence-corrected chi connectivity index (χ1v) is 13.0. The highest BCUT2D eigenvalue weighted by Crippen LogP contribution is 2.38. The first kappa shape index (κ1) is 19.8. The minimum atomic E-state index is 1.04. The minimum absolute atomic E-state index is 1.04. The number of benzene rings is 5. The molecular formula is C33H20N2S. The molecule has 36 heavy (non-hydrogen) atoms. The number of pyridine rings is 1. The minimum Gasteiger partial charge on any atom is -0.309 e. The van der Waals surface area contributed by atoms with E-state index in [-0.39, 0.29) is 0 Å². The molecule has 0 aliphatic carbocycles. The van der Waals surface area contributed by atoms with E-state index in [1.165, 1.54) is 64.2 Å². The molecule has 0 N–H and O–H groups in total. The summed E-state index contributed by atoms with van der Waals surface area (Å²) in [5, 5.41) is 6.32. The molecule has 0 saturated heterocycles. The van der Waals surface area contributed by atoms with E-state index >= 15 is 0 Å². The summed E-state index contributed by atoms with van der Waals surface area (Å²) in [5.74, 6) is 0. The van der Waals surface area contributed by atoms with Gasteiger partial charge in [0.2, 0.25) is 0 Å². The van der Waals surface area contributed by atoms with E-state index in [9.17, 15) is 0 Å². The van der Waals surface area contributed by atoms with Crippen LogP contribution >= 0.6 is 11.3 Å². The van der Waals surface area contributed by atoms with Crippen molar-refractivity contribution in [1.29, 1.82) is 0 Å². The predicted octanol–water partition coefficient (Wildman–Crippen LogP) is 9.37. The number of para-hydroxylation sites is 2. The van der Waals surface area contributed by atoms with Crippen molar-refractivity contribution in [3.63, 3.8) is 0 Å². The molecular weight excluding hydrogens is 456 g/mol. The van der Waals surface area contributed by atoms with Crippen molar-refractivity contribution < 1.29 is 0 Å². The van der Waals surface area contributed by atoms with Gasteiger partial charge in [-0.15, -0.1) is 11.3 Å². The number of nitrogens with zero attached hydrogens (tertiary/aromatic N) is 2. The smallest absolute Gasteiger partial charge is 0.0722 e. The SMILES string of the molecule is c1ccc2c(c1)sc1c3ccc(-c4ccc(-n5c6ccccc6c6ccccc65)cc4)cc3ncc21. The van der Waals surface area contributed by atoms with Crippen LogP contribution < -0.4 is 0 Å². The van der Waals surface area contributed by atoms with Gasteiger partial charge in [0.15, 0.2) is 0 Å². The summed E-state index contributed by atoms with van der Waals surface area (Å²) in [7, 11) is 0. The normalized spacial score (nSPS) is 11.9. The zero-order valence-electron chi connectivity index (χ0n) is 19.3. The van der Waals surface area contributed by atoms with Crippen LogP contribution in [0.5, 0.6) is 0 Å². The maximum absolute atomic E-state index is 4.85. The lowest BCUT2D eigenvalue weighted by molar-refractivity contribution is 1.18. The van der Waals surface area contributed by atoms with E-state index in [1.807, 2.05) is 17.5 Å². The van der Waals surface area contributed by atoms with Gasteiger partial charge in [-0.1, -0.05) is 78.9 Å². The van der Waals surface area contributed by atoms with Crippen LogP contribution in [-0.2, 0) is 0 Å². The number of aromatic nitrogens is 2. The van der Waals surface area contributed by atoms with Crippen molar-refractivity contribution in [3.05, 3.63) is 121 Å². The molecule has 2 nitrogen and oxygen atoms in total. The van der Waals surface area contributed by atoms with E-state index < -0.39 is 0 Å². The second-order valence-electron chi connectivity index (χ2n) is 9.25. The van der Waals surface area contributed by atoms with Gasteiger partial charge in [-0.3, -0.25) is 4.98 Å². The van der Waals surface area contributed by atoms with Gasteiger partial charge in [0.1, 0.15) is 0 Å². The Bertz CT molecular complexity index is 2040. The third-order valence-corrected chi connectivity index (χ3v) is 8.47. The Balaban J connectivity index is 1.25. The number of thiophene rings is 1. The average Bonchev–Trinajstić information content (AvgIpc) is 3.49. The first-order chi connectivity index (χ1) is 17.8. The second kappa shape index (κ2) is 7.51. The Morgan fingerprint density at radius 2 is 1.17 bits per heavy atom. The Hall–Kier alpha value is -4.47. The molecule has 0 aliphatic heterocycles. The standard InChI is InChI=1S/C33H20N2S/c1-4-10-30-24(7-1)25-8-2-5-11-31(25)35(30)23-16-13-21(14-17-23)22-15-18-27-29(19-22)34-20-28-26-9-3-6-12-32(26)36-33(27)28/h1-20H. The maximum atomic E-state index is 4.85. The lowest BCUT2D eigenvalue weighted by atomic mass is 10.0. The summed E-state index contributed by atoms with van der Waals surface area (Å²) in [6, 6.07) is 41.4. The molecule has 168 valence electrons. The topological polar surface area (TPSA) is 17.8 Å². The summed E-state index contributed by atoms with van der Waals surface area (Å²) in [5.41, 5.74) is 7.05. The number of rotatable bonds is 2. The molecule has 0 aliphatic rings. The van der Waals surface area contributed by atoms with Crippen LogP contribution in [0.3, 0.4) is 0 Å². The molecule has 5 aromatic carbocycles. The van der Waals surface area contributed by atoms with Gasteiger partial charge in [0.25, 0.3) is 0 Å². The molecule has 0 radical (unpaired) electrons. The van der Waals surface area contributed by atoms with E-state index in [1.54, 1.807) is 0 Å². The van der Waals surface area contributed by atoms with Crippen molar-refractivity contribution in [2.75, 3.05) is 0 Å². The van der Waals surface area contributed by atoms with E-state index in [0.717, 1.165) is 5.52 Å². The summed E-state index contributed by atoms with van der Waals surface area (Å²) in [4.78, 5) is 4.85. The molecule has 3 heteroatoms. The van der Waals surface area contributed by atoms with E-state index in [2.05, 4.69) is 120 Å². The van der Waals surface area contributed by atoms with Gasteiger partial charge in [-0.25, -0.2) is 0 Å². The lowest BCUT2D eigenvalue weighted by Gasteiger charge is -2.10. The molecule has 3 aromatic heterocycles. The first-order valence-electron chi connectivity index (χ1n) is 12.1. The zero-order chi connectivity index (χ0) is 23.6. The molecule has 0 saturated carbocycles. The third kappa shape index (κ3) is 2.81. The van der Waals surface area contributed by atoms with Crippen molar-refractivity contribution >= 4 is 64.2 Å². The Morgan fingerprint density at radius 3 is 1.92 bits per heavy atom. The Morgan fingerprint density at radius 1 is 0.528 bits per heavy atom. The highest BCUT2D eigenvalue weighted by Gasteiger charge is 2.12. The molecule has 8 rings (SSSR count).